The summed E-state index contributed by atoms with van der Waals surface area (Å²) in [5.41, 5.74) is 0.0776. The molecule has 0 aliphatic carbocycles. The summed E-state index contributed by atoms with van der Waals surface area (Å²) in [4.78, 5) is 9.93. The largest absolute Gasteiger partial charge is 0.389 e. The fraction of sp³-hybridized carbons (Fsp3) is 0.455. The molecule has 1 unspecified atom stereocenters. The van der Waals surface area contributed by atoms with E-state index in [1.807, 2.05) is 0 Å². The Morgan fingerprint density at radius 2 is 2.15 bits per heavy atom. The first-order valence-electron chi connectivity index (χ1n) is 5.69. The molecule has 1 aromatic rings. The fourth-order valence-electron chi connectivity index (χ4n) is 1.58. The maximum absolute atomic E-state index is 12.0. The highest BCUT2D eigenvalue weighted by Crippen LogP contribution is 2.20. The Balaban J connectivity index is 2.90. The van der Waals surface area contributed by atoms with Crippen molar-refractivity contribution >= 4 is 15.7 Å². The minimum absolute atomic E-state index is 0.00175. The van der Waals surface area contributed by atoms with Crippen molar-refractivity contribution in [2.24, 2.45) is 0 Å². The SMILES string of the molecule is COCC(O)CNS(=O)(=O)c1ccc([N+](=O)[O-])cc1C. The summed E-state index contributed by atoms with van der Waals surface area (Å²) in [5.74, 6) is 0. The lowest BCUT2D eigenvalue weighted by Gasteiger charge is -2.12. The fourth-order valence-corrected chi connectivity index (χ4v) is 2.88. The molecule has 0 fully saturated rings. The van der Waals surface area contributed by atoms with Gasteiger partial charge in [-0.3, -0.25) is 10.1 Å². The molecule has 1 rings (SSSR count). The molecule has 0 amide bonds. The van der Waals surface area contributed by atoms with Crippen molar-refractivity contribution in [1.82, 2.24) is 4.72 Å². The molecule has 0 spiro atoms. The Hall–Kier alpha value is -1.55. The molecule has 8 nitrogen and oxygen atoms in total. The monoisotopic (exact) mass is 304 g/mol. The number of methoxy groups -OCH3 is 1. The van der Waals surface area contributed by atoms with Crippen LogP contribution in [0.25, 0.3) is 0 Å². The third-order valence-electron chi connectivity index (χ3n) is 2.53. The van der Waals surface area contributed by atoms with Crippen LogP contribution in [0.4, 0.5) is 5.69 Å². The summed E-state index contributed by atoms with van der Waals surface area (Å²) in [6.45, 7) is 1.27. The molecule has 20 heavy (non-hydrogen) atoms. The molecule has 0 heterocycles. The van der Waals surface area contributed by atoms with Crippen molar-refractivity contribution in [3.8, 4) is 0 Å². The molecular formula is C11H16N2O6S. The van der Waals surface area contributed by atoms with E-state index in [1.165, 1.54) is 26.2 Å². The topological polar surface area (TPSA) is 119 Å². The van der Waals surface area contributed by atoms with Crippen LogP contribution in [0.2, 0.25) is 0 Å². The Morgan fingerprint density at radius 1 is 1.50 bits per heavy atom. The molecule has 0 radical (unpaired) electrons. The molecule has 112 valence electrons. The van der Waals surface area contributed by atoms with Crippen LogP contribution in [-0.2, 0) is 14.8 Å². The number of ether oxygens (including phenoxy) is 1. The number of sulfonamides is 1. The number of nitrogens with one attached hydrogen (secondary N) is 1. The first kappa shape index (κ1) is 16.5. The number of benzene rings is 1. The highest BCUT2D eigenvalue weighted by molar-refractivity contribution is 7.89. The van der Waals surface area contributed by atoms with Gasteiger partial charge in [0.05, 0.1) is 22.5 Å². The van der Waals surface area contributed by atoms with Gasteiger partial charge in [-0.15, -0.1) is 0 Å². The number of aliphatic hydroxyl groups excluding tert-OH is 1. The molecular weight excluding hydrogens is 288 g/mol. The van der Waals surface area contributed by atoms with Gasteiger partial charge in [0.2, 0.25) is 10.0 Å². The number of nitrogens with zero attached hydrogens (tertiary/aromatic N) is 1. The van der Waals surface area contributed by atoms with Gasteiger partial charge in [-0.05, 0) is 18.6 Å². The Morgan fingerprint density at radius 3 is 2.65 bits per heavy atom. The van der Waals surface area contributed by atoms with Crippen molar-refractivity contribution in [3.05, 3.63) is 33.9 Å². The van der Waals surface area contributed by atoms with Crippen LogP contribution in [0.15, 0.2) is 23.1 Å². The standard InChI is InChI=1S/C11H16N2O6S/c1-8-5-9(13(15)16)3-4-11(8)20(17,18)12-6-10(14)7-19-2/h3-5,10,12,14H,6-7H2,1-2H3. The van der Waals surface area contributed by atoms with Gasteiger partial charge in [0.25, 0.3) is 5.69 Å². The van der Waals surface area contributed by atoms with Gasteiger partial charge in [-0.2, -0.15) is 0 Å². The molecule has 0 aromatic heterocycles. The maximum atomic E-state index is 12.0. The van der Waals surface area contributed by atoms with E-state index < -0.39 is 21.1 Å². The van der Waals surface area contributed by atoms with E-state index in [2.05, 4.69) is 9.46 Å². The van der Waals surface area contributed by atoms with Crippen LogP contribution in [-0.4, -0.2) is 44.8 Å². The lowest BCUT2D eigenvalue weighted by atomic mass is 10.2. The summed E-state index contributed by atoms with van der Waals surface area (Å²) in [6, 6.07) is 3.46. The van der Waals surface area contributed by atoms with E-state index >= 15 is 0 Å². The van der Waals surface area contributed by atoms with Gasteiger partial charge in [-0.25, -0.2) is 13.1 Å². The third kappa shape index (κ3) is 4.23. The van der Waals surface area contributed by atoms with Crippen LogP contribution in [0, 0.1) is 17.0 Å². The molecule has 9 heteroatoms. The predicted octanol–water partition coefficient (Wildman–Crippen LogP) is 0.189. The van der Waals surface area contributed by atoms with Gasteiger partial charge < -0.3 is 9.84 Å². The van der Waals surface area contributed by atoms with E-state index in [0.717, 1.165) is 6.07 Å². The van der Waals surface area contributed by atoms with Crippen molar-refractivity contribution < 1.29 is 23.2 Å². The number of non-ortho nitro benzene ring substituents is 1. The van der Waals surface area contributed by atoms with Crippen molar-refractivity contribution in [1.29, 1.82) is 0 Å². The van der Waals surface area contributed by atoms with Crippen molar-refractivity contribution in [2.45, 2.75) is 17.9 Å². The molecule has 1 aromatic carbocycles. The Bertz CT molecular complexity index is 587. The molecule has 0 aliphatic heterocycles. The zero-order chi connectivity index (χ0) is 15.3. The van der Waals surface area contributed by atoms with E-state index in [4.69, 9.17) is 0 Å². The summed E-state index contributed by atoms with van der Waals surface area (Å²) in [7, 11) is -2.45. The van der Waals surface area contributed by atoms with Gasteiger partial charge >= 0.3 is 0 Å². The van der Waals surface area contributed by atoms with E-state index in [9.17, 15) is 23.6 Å². The number of rotatable bonds is 7. The van der Waals surface area contributed by atoms with Gasteiger partial charge in [-0.1, -0.05) is 0 Å². The van der Waals surface area contributed by atoms with E-state index in [-0.39, 0.29) is 29.3 Å². The molecule has 0 saturated carbocycles. The molecule has 0 saturated heterocycles. The second-order valence-electron chi connectivity index (χ2n) is 4.17. The number of nitro groups is 1. The van der Waals surface area contributed by atoms with Gasteiger partial charge in [0.15, 0.2) is 0 Å². The normalized spacial score (nSPS) is 13.2. The van der Waals surface area contributed by atoms with Crippen molar-refractivity contribution in [3.63, 3.8) is 0 Å². The first-order valence-corrected chi connectivity index (χ1v) is 7.18. The lowest BCUT2D eigenvalue weighted by molar-refractivity contribution is -0.385. The zero-order valence-corrected chi connectivity index (χ0v) is 11.9. The lowest BCUT2D eigenvalue weighted by Crippen LogP contribution is -2.34. The van der Waals surface area contributed by atoms with Crippen LogP contribution in [0.1, 0.15) is 5.56 Å². The average molecular weight is 304 g/mol. The average Bonchev–Trinajstić information content (AvgIpc) is 2.36. The van der Waals surface area contributed by atoms with Crippen LogP contribution in [0.3, 0.4) is 0 Å². The zero-order valence-electron chi connectivity index (χ0n) is 11.1. The Kier molecular flexibility index (Phi) is 5.57. The van der Waals surface area contributed by atoms with Gasteiger partial charge in [0.1, 0.15) is 0 Å². The predicted molar refractivity (Wildman–Crippen MR) is 70.9 cm³/mol. The minimum Gasteiger partial charge on any atom is -0.389 e. The number of aliphatic hydroxyl groups is 1. The first-order chi connectivity index (χ1) is 9.27. The number of hydrogen-bond acceptors (Lipinski definition) is 6. The Labute approximate surface area is 116 Å². The molecule has 0 aliphatic rings. The van der Waals surface area contributed by atoms with Crippen LogP contribution >= 0.6 is 0 Å². The third-order valence-corrected chi connectivity index (χ3v) is 4.11. The highest BCUT2D eigenvalue weighted by atomic mass is 32.2. The number of nitro benzene ring substituents is 1. The highest BCUT2D eigenvalue weighted by Gasteiger charge is 2.20. The summed E-state index contributed by atoms with van der Waals surface area (Å²) < 4.78 is 30.9. The van der Waals surface area contributed by atoms with Crippen LogP contribution in [0.5, 0.6) is 0 Å². The smallest absolute Gasteiger partial charge is 0.269 e. The quantitative estimate of drug-likeness (QED) is 0.548. The second-order valence-corrected chi connectivity index (χ2v) is 5.90. The summed E-state index contributed by atoms with van der Waals surface area (Å²) >= 11 is 0. The molecule has 1 atom stereocenters. The molecule has 2 N–H and O–H groups in total. The number of aryl methyl sites for hydroxylation is 1. The minimum atomic E-state index is -3.83. The number of hydrogen-bond donors (Lipinski definition) is 2. The van der Waals surface area contributed by atoms with E-state index in [1.54, 1.807) is 0 Å². The second kappa shape index (κ2) is 6.75. The van der Waals surface area contributed by atoms with Gasteiger partial charge in [0, 0.05) is 25.8 Å². The summed E-state index contributed by atoms with van der Waals surface area (Å²) in [6.07, 6.45) is -0.965. The van der Waals surface area contributed by atoms with Crippen LogP contribution < -0.4 is 4.72 Å². The maximum Gasteiger partial charge on any atom is 0.269 e. The summed E-state index contributed by atoms with van der Waals surface area (Å²) in [5, 5.41) is 20.0. The molecule has 0 bridgehead atoms. The van der Waals surface area contributed by atoms with E-state index in [0.29, 0.717) is 0 Å². The van der Waals surface area contributed by atoms with Crippen molar-refractivity contribution in [2.75, 3.05) is 20.3 Å².